The fraction of sp³-hybridized carbons (Fsp3) is 0.0455. The molecule has 0 spiro atoms. The quantitative estimate of drug-likeness (QED) is 0.235. The zero-order valence-corrected chi connectivity index (χ0v) is 15.5. The van der Waals surface area contributed by atoms with Gasteiger partial charge in [-0.2, -0.15) is 0 Å². The molecule has 30 heavy (non-hydrogen) atoms. The Labute approximate surface area is 170 Å². The predicted molar refractivity (Wildman–Crippen MR) is 109 cm³/mol. The zero-order chi connectivity index (χ0) is 21.3. The van der Waals surface area contributed by atoms with Crippen LogP contribution in [0.3, 0.4) is 0 Å². The normalized spacial score (nSPS) is 17.9. The number of rotatable bonds is 4. The van der Waals surface area contributed by atoms with Gasteiger partial charge < -0.3 is 5.11 Å². The summed E-state index contributed by atoms with van der Waals surface area (Å²) in [5, 5.41) is 21.9. The molecule has 1 atom stereocenters. The number of ketones is 1. The lowest BCUT2D eigenvalue weighted by Crippen LogP contribution is -2.30. The summed E-state index contributed by atoms with van der Waals surface area (Å²) in [7, 11) is 0. The van der Waals surface area contributed by atoms with Crippen molar-refractivity contribution >= 4 is 29.0 Å². The van der Waals surface area contributed by atoms with Crippen LogP contribution in [0.2, 0.25) is 0 Å². The number of Topliss-reactive ketones (excluding diaryl/α,β-unsaturated/α-hetero) is 1. The standard InChI is InChI=1S/C22H15N3O5/c26-20(15-6-2-1-3-7-15)18-19(14-9-11-16(12-10-14)25(29)30)24(22(28)21(18)27)17-8-4-5-13-23-17/h1-13,19,26H. The van der Waals surface area contributed by atoms with Crippen molar-refractivity contribution in [3.63, 3.8) is 0 Å². The first-order valence-corrected chi connectivity index (χ1v) is 9.01. The number of aliphatic hydroxyl groups is 1. The van der Waals surface area contributed by atoms with Gasteiger partial charge in [0.15, 0.2) is 0 Å². The van der Waals surface area contributed by atoms with Crippen LogP contribution in [0.5, 0.6) is 0 Å². The summed E-state index contributed by atoms with van der Waals surface area (Å²) in [4.78, 5) is 41.6. The first-order chi connectivity index (χ1) is 14.5. The highest BCUT2D eigenvalue weighted by Gasteiger charge is 2.47. The molecule has 1 unspecified atom stereocenters. The number of anilines is 1. The lowest BCUT2D eigenvalue weighted by molar-refractivity contribution is -0.384. The Bertz CT molecular complexity index is 1160. The Hall–Kier alpha value is -4.33. The number of nitro benzene ring substituents is 1. The van der Waals surface area contributed by atoms with Gasteiger partial charge >= 0.3 is 5.91 Å². The summed E-state index contributed by atoms with van der Waals surface area (Å²) >= 11 is 0. The molecule has 1 N–H and O–H groups in total. The average Bonchev–Trinajstić information content (AvgIpc) is 3.05. The third kappa shape index (κ3) is 3.20. The number of nitro groups is 1. The monoisotopic (exact) mass is 401 g/mol. The highest BCUT2D eigenvalue weighted by molar-refractivity contribution is 6.51. The maximum atomic E-state index is 12.9. The van der Waals surface area contributed by atoms with E-state index in [1.807, 2.05) is 0 Å². The molecule has 1 aromatic heterocycles. The second-order valence-electron chi connectivity index (χ2n) is 6.57. The van der Waals surface area contributed by atoms with Crippen molar-refractivity contribution in [3.05, 3.63) is 106 Å². The first kappa shape index (κ1) is 19.0. The Kier molecular flexibility index (Phi) is 4.81. The van der Waals surface area contributed by atoms with Crippen molar-refractivity contribution in [2.45, 2.75) is 6.04 Å². The lowest BCUT2D eigenvalue weighted by atomic mass is 9.95. The largest absolute Gasteiger partial charge is 0.507 e. The number of amides is 1. The number of carbonyl (C=O) groups excluding carboxylic acids is 2. The molecule has 1 aliphatic rings. The fourth-order valence-electron chi connectivity index (χ4n) is 3.41. The van der Waals surface area contributed by atoms with Crippen molar-refractivity contribution < 1.29 is 19.6 Å². The van der Waals surface area contributed by atoms with E-state index in [1.54, 1.807) is 48.5 Å². The number of pyridine rings is 1. The Morgan fingerprint density at radius 2 is 1.63 bits per heavy atom. The topological polar surface area (TPSA) is 114 Å². The molecule has 2 heterocycles. The second kappa shape index (κ2) is 7.59. The van der Waals surface area contributed by atoms with Crippen LogP contribution in [0.1, 0.15) is 17.2 Å². The van der Waals surface area contributed by atoms with Crippen LogP contribution in [0.15, 0.2) is 84.6 Å². The van der Waals surface area contributed by atoms with E-state index in [1.165, 1.54) is 35.4 Å². The molecule has 1 amide bonds. The summed E-state index contributed by atoms with van der Waals surface area (Å²) in [6, 6.07) is 17.8. The molecule has 0 saturated carbocycles. The van der Waals surface area contributed by atoms with E-state index in [4.69, 9.17) is 0 Å². The van der Waals surface area contributed by atoms with Crippen LogP contribution in [0, 0.1) is 10.1 Å². The number of hydrogen-bond donors (Lipinski definition) is 1. The van der Waals surface area contributed by atoms with Crippen molar-refractivity contribution in [1.82, 2.24) is 4.98 Å². The molecule has 0 bridgehead atoms. The van der Waals surface area contributed by atoms with Crippen molar-refractivity contribution in [3.8, 4) is 0 Å². The van der Waals surface area contributed by atoms with Crippen LogP contribution in [0.25, 0.3) is 5.76 Å². The number of aliphatic hydroxyl groups excluding tert-OH is 1. The maximum absolute atomic E-state index is 12.9. The van der Waals surface area contributed by atoms with Crippen LogP contribution in [-0.2, 0) is 9.59 Å². The van der Waals surface area contributed by atoms with Gasteiger partial charge in [-0.3, -0.25) is 24.6 Å². The van der Waals surface area contributed by atoms with Gasteiger partial charge in [-0.05, 0) is 29.8 Å². The minimum atomic E-state index is -0.985. The summed E-state index contributed by atoms with van der Waals surface area (Å²) < 4.78 is 0. The molecule has 4 rings (SSSR count). The number of hydrogen-bond acceptors (Lipinski definition) is 6. The van der Waals surface area contributed by atoms with Gasteiger partial charge in [0.05, 0.1) is 16.5 Å². The third-order valence-corrected chi connectivity index (χ3v) is 4.81. The van der Waals surface area contributed by atoms with Crippen LogP contribution >= 0.6 is 0 Å². The number of aromatic nitrogens is 1. The van der Waals surface area contributed by atoms with E-state index in [-0.39, 0.29) is 22.8 Å². The van der Waals surface area contributed by atoms with E-state index in [2.05, 4.69) is 4.98 Å². The molecule has 1 aliphatic heterocycles. The van der Waals surface area contributed by atoms with Gasteiger partial charge in [0.1, 0.15) is 11.6 Å². The summed E-state index contributed by atoms with van der Waals surface area (Å²) in [6.45, 7) is 0. The smallest absolute Gasteiger partial charge is 0.301 e. The molecular formula is C22H15N3O5. The number of nitrogens with zero attached hydrogens (tertiary/aromatic N) is 3. The molecule has 0 radical (unpaired) electrons. The van der Waals surface area contributed by atoms with Crippen LogP contribution in [0.4, 0.5) is 11.5 Å². The van der Waals surface area contributed by atoms with Crippen molar-refractivity contribution in [2.75, 3.05) is 4.90 Å². The van der Waals surface area contributed by atoms with Crippen molar-refractivity contribution in [2.24, 2.45) is 0 Å². The van der Waals surface area contributed by atoms with Gasteiger partial charge in [0.25, 0.3) is 11.5 Å². The number of carbonyl (C=O) groups is 2. The highest BCUT2D eigenvalue weighted by atomic mass is 16.6. The van der Waals surface area contributed by atoms with Gasteiger partial charge in [0.2, 0.25) is 0 Å². The van der Waals surface area contributed by atoms with E-state index in [0.717, 1.165) is 0 Å². The summed E-state index contributed by atoms with van der Waals surface area (Å²) in [6.07, 6.45) is 1.48. The molecular weight excluding hydrogens is 386 g/mol. The van der Waals surface area contributed by atoms with Gasteiger partial charge in [-0.1, -0.05) is 36.4 Å². The van der Waals surface area contributed by atoms with E-state index in [9.17, 15) is 24.8 Å². The number of benzene rings is 2. The first-order valence-electron chi connectivity index (χ1n) is 9.01. The molecule has 8 heteroatoms. The van der Waals surface area contributed by atoms with Crippen LogP contribution in [-0.4, -0.2) is 26.7 Å². The predicted octanol–water partition coefficient (Wildman–Crippen LogP) is 3.62. The maximum Gasteiger partial charge on any atom is 0.301 e. The van der Waals surface area contributed by atoms with Gasteiger partial charge in [0, 0.05) is 23.9 Å². The van der Waals surface area contributed by atoms with Crippen molar-refractivity contribution in [1.29, 1.82) is 0 Å². The molecule has 8 nitrogen and oxygen atoms in total. The minimum absolute atomic E-state index is 0.106. The van der Waals surface area contributed by atoms with E-state index < -0.39 is 22.7 Å². The second-order valence-corrected chi connectivity index (χ2v) is 6.57. The summed E-state index contributed by atoms with van der Waals surface area (Å²) in [5.74, 6) is -1.79. The molecule has 0 aliphatic carbocycles. The highest BCUT2D eigenvalue weighted by Crippen LogP contribution is 2.41. The molecule has 1 saturated heterocycles. The lowest BCUT2D eigenvalue weighted by Gasteiger charge is -2.24. The van der Waals surface area contributed by atoms with E-state index >= 15 is 0 Å². The Balaban J connectivity index is 1.93. The third-order valence-electron chi connectivity index (χ3n) is 4.81. The molecule has 2 aromatic carbocycles. The summed E-state index contributed by atoms with van der Waals surface area (Å²) in [5.41, 5.74) is 0.577. The van der Waals surface area contributed by atoms with E-state index in [0.29, 0.717) is 11.1 Å². The molecule has 148 valence electrons. The van der Waals surface area contributed by atoms with Gasteiger partial charge in [-0.25, -0.2) is 4.98 Å². The van der Waals surface area contributed by atoms with Gasteiger partial charge in [-0.15, -0.1) is 0 Å². The van der Waals surface area contributed by atoms with Crippen LogP contribution < -0.4 is 4.90 Å². The SMILES string of the molecule is O=C1C(=O)N(c2ccccn2)C(c2ccc([N+](=O)[O-])cc2)C1=C(O)c1ccccc1. The minimum Gasteiger partial charge on any atom is -0.507 e. The zero-order valence-electron chi connectivity index (χ0n) is 15.5. The number of non-ortho nitro benzene ring substituents is 1. The Morgan fingerprint density at radius 1 is 0.967 bits per heavy atom. The molecule has 3 aromatic rings. The fourth-order valence-corrected chi connectivity index (χ4v) is 3.41. The average molecular weight is 401 g/mol. The Morgan fingerprint density at radius 3 is 2.23 bits per heavy atom. The molecule has 1 fully saturated rings.